The van der Waals surface area contributed by atoms with Gasteiger partial charge in [0.05, 0.1) is 0 Å². The summed E-state index contributed by atoms with van der Waals surface area (Å²) >= 11 is 0. The molecule has 6 heteroatoms. The monoisotopic (exact) mass is 883 g/mol. The molecule has 1 atom stereocenters. The third kappa shape index (κ3) is 50.2. The van der Waals surface area contributed by atoms with Crippen molar-refractivity contribution < 1.29 is 28.6 Å². The Hall–Kier alpha value is -2.63. The van der Waals surface area contributed by atoms with Crippen LogP contribution in [0.25, 0.3) is 0 Å². The minimum absolute atomic E-state index is 0.0804. The molecule has 0 aliphatic carbocycles. The van der Waals surface area contributed by atoms with Gasteiger partial charge in [0.25, 0.3) is 0 Å². The van der Waals surface area contributed by atoms with E-state index in [4.69, 9.17) is 14.2 Å². The van der Waals surface area contributed by atoms with E-state index < -0.39 is 6.10 Å². The highest BCUT2D eigenvalue weighted by Crippen LogP contribution is 2.15. The highest BCUT2D eigenvalue weighted by molar-refractivity contribution is 5.71. The van der Waals surface area contributed by atoms with E-state index in [0.29, 0.717) is 19.3 Å². The number of ether oxygens (including phenoxy) is 3. The molecule has 1 unspecified atom stereocenters. The summed E-state index contributed by atoms with van der Waals surface area (Å²) in [5.74, 6) is -0.896. The van der Waals surface area contributed by atoms with Crippen molar-refractivity contribution in [1.82, 2.24) is 0 Å². The summed E-state index contributed by atoms with van der Waals surface area (Å²) in [7, 11) is 0. The average Bonchev–Trinajstić information content (AvgIpc) is 3.28. The average molecular weight is 883 g/mol. The van der Waals surface area contributed by atoms with Crippen LogP contribution in [0.4, 0.5) is 0 Å². The lowest BCUT2D eigenvalue weighted by molar-refractivity contribution is -0.167. The molecule has 0 aliphatic rings. The van der Waals surface area contributed by atoms with Crippen molar-refractivity contribution in [1.29, 1.82) is 0 Å². The van der Waals surface area contributed by atoms with Crippen molar-refractivity contribution in [2.75, 3.05) is 13.2 Å². The Morgan fingerprint density at radius 2 is 0.571 bits per heavy atom. The summed E-state index contributed by atoms with van der Waals surface area (Å²) in [5.41, 5.74) is 0. The molecule has 0 fully saturated rings. The van der Waals surface area contributed by atoms with Gasteiger partial charge in [-0.1, -0.05) is 204 Å². The standard InChI is InChI=1S/C57H102O6/c1-4-7-10-13-16-19-22-25-26-27-28-29-30-31-32-33-36-38-41-44-47-50-56(59)62-53-54(63-57(60)51-48-45-42-39-35-24-21-18-15-12-9-6-3)52-61-55(58)49-46-43-40-37-34-23-20-17-14-11-8-5-2/h17-18,20-22,25,27-28,54H,4-16,19,23-24,26,29-53H2,1-3H3/b20-17-,21-18-,25-22-,28-27-. The number of rotatable bonds is 49. The molecule has 0 aromatic heterocycles. The minimum Gasteiger partial charge on any atom is -0.462 e. The van der Waals surface area contributed by atoms with E-state index in [2.05, 4.69) is 69.4 Å². The third-order valence-corrected chi connectivity index (χ3v) is 11.8. The first-order chi connectivity index (χ1) is 31.0. The molecule has 6 nitrogen and oxygen atoms in total. The van der Waals surface area contributed by atoms with Crippen molar-refractivity contribution in [2.45, 2.75) is 284 Å². The van der Waals surface area contributed by atoms with Gasteiger partial charge in [0.1, 0.15) is 13.2 Å². The maximum absolute atomic E-state index is 12.8. The SMILES string of the molecule is CCCCC/C=C\CCCCCCCC(=O)OCC(COC(=O)CCCCCCCCCCC/C=C\C/C=C\CCCCCCC)OC(=O)CCCCCCC/C=C\CCCCC. The van der Waals surface area contributed by atoms with Crippen molar-refractivity contribution >= 4 is 17.9 Å². The van der Waals surface area contributed by atoms with Crippen LogP contribution in [-0.4, -0.2) is 37.2 Å². The van der Waals surface area contributed by atoms with Gasteiger partial charge in [0.2, 0.25) is 0 Å². The van der Waals surface area contributed by atoms with Crippen LogP contribution in [0.1, 0.15) is 278 Å². The first-order valence-corrected chi connectivity index (χ1v) is 27.1. The maximum Gasteiger partial charge on any atom is 0.306 e. The number of hydrogen-bond donors (Lipinski definition) is 0. The Bertz CT molecular complexity index is 1110. The molecular weight excluding hydrogens is 781 g/mol. The lowest BCUT2D eigenvalue weighted by atomic mass is 10.1. The zero-order valence-corrected chi connectivity index (χ0v) is 41.8. The molecule has 0 saturated heterocycles. The van der Waals surface area contributed by atoms with Crippen LogP contribution >= 0.6 is 0 Å². The first kappa shape index (κ1) is 60.4. The molecule has 0 bridgehead atoms. The van der Waals surface area contributed by atoms with Crippen LogP contribution in [0.3, 0.4) is 0 Å². The fourth-order valence-corrected chi connectivity index (χ4v) is 7.64. The number of esters is 3. The first-order valence-electron chi connectivity index (χ1n) is 27.1. The van der Waals surface area contributed by atoms with Gasteiger partial charge >= 0.3 is 17.9 Å². The van der Waals surface area contributed by atoms with E-state index >= 15 is 0 Å². The molecule has 0 aromatic carbocycles. The van der Waals surface area contributed by atoms with Crippen LogP contribution in [0, 0.1) is 0 Å². The zero-order valence-electron chi connectivity index (χ0n) is 41.8. The number of carbonyl (C=O) groups excluding carboxylic acids is 3. The predicted molar refractivity (Wildman–Crippen MR) is 270 cm³/mol. The molecule has 0 radical (unpaired) electrons. The van der Waals surface area contributed by atoms with E-state index in [-0.39, 0.29) is 31.1 Å². The fourth-order valence-electron chi connectivity index (χ4n) is 7.64. The highest BCUT2D eigenvalue weighted by atomic mass is 16.6. The second-order valence-electron chi connectivity index (χ2n) is 18.1. The molecule has 0 heterocycles. The van der Waals surface area contributed by atoms with Gasteiger partial charge in [-0.25, -0.2) is 0 Å². The van der Waals surface area contributed by atoms with Crippen LogP contribution in [0.2, 0.25) is 0 Å². The van der Waals surface area contributed by atoms with Crippen LogP contribution < -0.4 is 0 Å². The number of unbranched alkanes of at least 4 members (excludes halogenated alkanes) is 30. The number of carbonyl (C=O) groups is 3. The van der Waals surface area contributed by atoms with Crippen molar-refractivity contribution in [3.8, 4) is 0 Å². The number of allylic oxidation sites excluding steroid dienone is 8. The van der Waals surface area contributed by atoms with Gasteiger partial charge in [-0.15, -0.1) is 0 Å². The van der Waals surface area contributed by atoms with Gasteiger partial charge in [0.15, 0.2) is 6.10 Å². The van der Waals surface area contributed by atoms with Crippen molar-refractivity contribution in [3.05, 3.63) is 48.6 Å². The molecule has 0 saturated carbocycles. The maximum atomic E-state index is 12.8. The Balaban J connectivity index is 4.30. The summed E-state index contributed by atoms with van der Waals surface area (Å²) in [6, 6.07) is 0. The topological polar surface area (TPSA) is 78.9 Å². The lowest BCUT2D eigenvalue weighted by Gasteiger charge is -2.18. The molecule has 63 heavy (non-hydrogen) atoms. The molecule has 0 spiro atoms. The summed E-state index contributed by atoms with van der Waals surface area (Å²) in [6.07, 6.45) is 62.4. The van der Waals surface area contributed by atoms with Gasteiger partial charge in [-0.2, -0.15) is 0 Å². The summed E-state index contributed by atoms with van der Waals surface area (Å²) < 4.78 is 16.8. The molecule has 0 amide bonds. The molecule has 0 N–H and O–H groups in total. The summed E-state index contributed by atoms with van der Waals surface area (Å²) in [5, 5.41) is 0. The van der Waals surface area contributed by atoms with Crippen LogP contribution in [-0.2, 0) is 28.6 Å². The second kappa shape index (κ2) is 52.0. The Kier molecular flexibility index (Phi) is 49.8. The van der Waals surface area contributed by atoms with Crippen molar-refractivity contribution in [3.63, 3.8) is 0 Å². The van der Waals surface area contributed by atoms with E-state index in [1.807, 2.05) is 0 Å². The molecule has 0 rings (SSSR count). The van der Waals surface area contributed by atoms with Crippen molar-refractivity contribution in [2.24, 2.45) is 0 Å². The summed E-state index contributed by atoms with van der Waals surface area (Å²) in [4.78, 5) is 38.0. The molecule has 0 aliphatic heterocycles. The summed E-state index contributed by atoms with van der Waals surface area (Å²) in [6.45, 7) is 6.58. The van der Waals surface area contributed by atoms with E-state index in [9.17, 15) is 14.4 Å². The molecular formula is C57H102O6. The predicted octanol–water partition coefficient (Wildman–Crippen LogP) is 17.9. The van der Waals surface area contributed by atoms with Gasteiger partial charge in [0, 0.05) is 19.3 Å². The smallest absolute Gasteiger partial charge is 0.306 e. The van der Waals surface area contributed by atoms with Crippen LogP contribution in [0.5, 0.6) is 0 Å². The Morgan fingerprint density at radius 3 is 0.921 bits per heavy atom. The minimum atomic E-state index is -0.780. The van der Waals surface area contributed by atoms with Crippen LogP contribution in [0.15, 0.2) is 48.6 Å². The molecule has 0 aromatic rings. The molecule has 366 valence electrons. The lowest BCUT2D eigenvalue weighted by Crippen LogP contribution is -2.30. The Morgan fingerprint density at radius 1 is 0.317 bits per heavy atom. The van der Waals surface area contributed by atoms with E-state index in [1.54, 1.807) is 0 Å². The fraction of sp³-hybridized carbons (Fsp3) is 0.807. The van der Waals surface area contributed by atoms with Gasteiger partial charge in [-0.05, 0) is 103 Å². The van der Waals surface area contributed by atoms with Gasteiger partial charge < -0.3 is 14.2 Å². The normalized spacial score (nSPS) is 12.4. The highest BCUT2D eigenvalue weighted by Gasteiger charge is 2.19. The zero-order chi connectivity index (χ0) is 45.8. The van der Waals surface area contributed by atoms with E-state index in [0.717, 1.165) is 83.5 Å². The van der Waals surface area contributed by atoms with Gasteiger partial charge in [-0.3, -0.25) is 14.4 Å². The number of hydrogen-bond acceptors (Lipinski definition) is 6. The quantitative estimate of drug-likeness (QED) is 0.0262. The largest absolute Gasteiger partial charge is 0.462 e. The third-order valence-electron chi connectivity index (χ3n) is 11.8. The van der Waals surface area contributed by atoms with E-state index in [1.165, 1.54) is 154 Å². The Labute approximate surface area is 390 Å². The second-order valence-corrected chi connectivity index (χ2v) is 18.1.